The number of hydrogen-bond acceptors (Lipinski definition) is 7. The van der Waals surface area contributed by atoms with E-state index in [4.69, 9.17) is 4.74 Å². The molecule has 0 radical (unpaired) electrons. The third-order valence-electron chi connectivity index (χ3n) is 6.11. The highest BCUT2D eigenvalue weighted by Gasteiger charge is 2.27. The van der Waals surface area contributed by atoms with Gasteiger partial charge in [-0.15, -0.1) is 0 Å². The van der Waals surface area contributed by atoms with Gasteiger partial charge in [0.1, 0.15) is 18.7 Å². The summed E-state index contributed by atoms with van der Waals surface area (Å²) in [5.74, 6) is -2.33. The first-order valence-corrected chi connectivity index (χ1v) is 13.2. The van der Waals surface area contributed by atoms with E-state index in [1.54, 1.807) is 52.0 Å². The number of unbranched alkanes of at least 4 members (excludes halogenated alkanes) is 2. The molecule has 3 N–H and O–H groups in total. The first kappa shape index (κ1) is 31.2. The third-order valence-corrected chi connectivity index (χ3v) is 6.11. The average molecular weight is 543 g/mol. The molecular weight excluding hydrogens is 504 g/mol. The van der Waals surface area contributed by atoms with E-state index in [2.05, 4.69) is 16.0 Å². The number of carbonyl (C=O) groups excluding carboxylic acids is 6. The minimum absolute atomic E-state index is 0.147. The maximum Gasteiger partial charge on any atom is 0.305 e. The normalized spacial score (nSPS) is 14.2. The molecule has 1 heterocycles. The SMILES string of the molecule is CCC(=O)OCc1ccc(NC(=O)C(C)NC(=O)C(NC(=O)CCCCCN2C(=O)C=CC2=O)C(C)C)cc1. The lowest BCUT2D eigenvalue weighted by Gasteiger charge is -2.24. The maximum atomic E-state index is 12.8. The lowest BCUT2D eigenvalue weighted by atomic mass is 10.0. The summed E-state index contributed by atoms with van der Waals surface area (Å²) in [4.78, 5) is 73.5. The van der Waals surface area contributed by atoms with Crippen LogP contribution in [0.3, 0.4) is 0 Å². The number of amides is 5. The number of ether oxygens (including phenoxy) is 1. The number of imide groups is 1. The average Bonchev–Trinajstić information content (AvgIpc) is 3.22. The van der Waals surface area contributed by atoms with Crippen LogP contribution in [0.15, 0.2) is 36.4 Å². The van der Waals surface area contributed by atoms with Crippen molar-refractivity contribution >= 4 is 41.2 Å². The number of esters is 1. The van der Waals surface area contributed by atoms with Crippen LogP contribution >= 0.6 is 0 Å². The molecule has 2 unspecified atom stereocenters. The standard InChI is InChI=1S/C28H38N4O7/c1-5-25(36)39-17-20-10-12-21(13-11-20)30-27(37)19(4)29-28(38)26(18(2)3)31-22(33)9-7-6-8-16-32-23(34)14-15-24(32)35/h10-15,18-19,26H,5-9,16-17H2,1-4H3,(H,29,38)(H,30,37)(H,31,33). The fourth-order valence-electron chi connectivity index (χ4n) is 3.73. The number of hydrogen-bond donors (Lipinski definition) is 3. The van der Waals surface area contributed by atoms with Crippen molar-refractivity contribution in [2.75, 3.05) is 11.9 Å². The van der Waals surface area contributed by atoms with E-state index in [0.29, 0.717) is 37.9 Å². The van der Waals surface area contributed by atoms with Crippen molar-refractivity contribution in [2.45, 2.75) is 78.5 Å². The monoisotopic (exact) mass is 542 g/mol. The highest BCUT2D eigenvalue weighted by Crippen LogP contribution is 2.12. The molecule has 0 bridgehead atoms. The molecule has 39 heavy (non-hydrogen) atoms. The summed E-state index contributed by atoms with van der Waals surface area (Å²) in [5, 5.41) is 8.12. The first-order valence-electron chi connectivity index (χ1n) is 13.2. The zero-order valence-corrected chi connectivity index (χ0v) is 23.0. The van der Waals surface area contributed by atoms with Crippen LogP contribution in [-0.2, 0) is 40.1 Å². The van der Waals surface area contributed by atoms with Crippen molar-refractivity contribution in [3.05, 3.63) is 42.0 Å². The quantitative estimate of drug-likeness (QED) is 0.175. The smallest absolute Gasteiger partial charge is 0.305 e. The molecule has 1 aliphatic heterocycles. The molecule has 0 saturated heterocycles. The van der Waals surface area contributed by atoms with Crippen molar-refractivity contribution in [3.63, 3.8) is 0 Å². The predicted molar refractivity (Wildman–Crippen MR) is 144 cm³/mol. The van der Waals surface area contributed by atoms with Crippen LogP contribution in [0.2, 0.25) is 0 Å². The Balaban J connectivity index is 1.75. The summed E-state index contributed by atoms with van der Waals surface area (Å²) in [6.45, 7) is 7.32. The fourth-order valence-corrected chi connectivity index (χ4v) is 3.73. The molecule has 0 aromatic heterocycles. The van der Waals surface area contributed by atoms with Crippen LogP contribution in [0.5, 0.6) is 0 Å². The molecule has 0 aliphatic carbocycles. The van der Waals surface area contributed by atoms with E-state index in [-0.39, 0.29) is 42.6 Å². The van der Waals surface area contributed by atoms with Gasteiger partial charge in [-0.05, 0) is 43.4 Å². The van der Waals surface area contributed by atoms with Crippen molar-refractivity contribution in [2.24, 2.45) is 5.92 Å². The van der Waals surface area contributed by atoms with E-state index in [9.17, 15) is 28.8 Å². The Bertz CT molecular complexity index is 1060. The number of nitrogens with zero attached hydrogens (tertiary/aromatic N) is 1. The lowest BCUT2D eigenvalue weighted by Crippen LogP contribution is -2.53. The number of rotatable bonds is 15. The van der Waals surface area contributed by atoms with E-state index < -0.39 is 23.9 Å². The Hall–Kier alpha value is -4.02. The van der Waals surface area contributed by atoms with Crippen molar-refractivity contribution in [1.82, 2.24) is 15.5 Å². The van der Waals surface area contributed by atoms with E-state index in [1.165, 1.54) is 17.1 Å². The summed E-state index contributed by atoms with van der Waals surface area (Å²) >= 11 is 0. The second-order valence-corrected chi connectivity index (χ2v) is 9.69. The summed E-state index contributed by atoms with van der Waals surface area (Å²) in [5.41, 5.74) is 1.30. The summed E-state index contributed by atoms with van der Waals surface area (Å²) in [6, 6.07) is 5.14. The Morgan fingerprint density at radius 1 is 0.872 bits per heavy atom. The highest BCUT2D eigenvalue weighted by molar-refractivity contribution is 6.12. The fraction of sp³-hybridized carbons (Fsp3) is 0.500. The minimum Gasteiger partial charge on any atom is -0.461 e. The highest BCUT2D eigenvalue weighted by atomic mass is 16.5. The van der Waals surface area contributed by atoms with Gasteiger partial charge < -0.3 is 20.7 Å². The second kappa shape index (κ2) is 15.4. The Labute approximate surface area is 228 Å². The van der Waals surface area contributed by atoms with Crippen molar-refractivity contribution in [3.8, 4) is 0 Å². The van der Waals surface area contributed by atoms with Crippen molar-refractivity contribution < 1.29 is 33.5 Å². The second-order valence-electron chi connectivity index (χ2n) is 9.69. The molecule has 1 aliphatic rings. The van der Waals surface area contributed by atoms with Gasteiger partial charge in [0, 0.05) is 37.2 Å². The third kappa shape index (κ3) is 10.3. The Morgan fingerprint density at radius 3 is 2.10 bits per heavy atom. The van der Waals surface area contributed by atoms with Crippen LogP contribution in [0.1, 0.15) is 65.4 Å². The van der Waals surface area contributed by atoms with Gasteiger partial charge in [-0.1, -0.05) is 39.3 Å². The van der Waals surface area contributed by atoms with Gasteiger partial charge in [-0.3, -0.25) is 33.7 Å². The summed E-state index contributed by atoms with van der Waals surface area (Å²) in [6.07, 6.45) is 4.74. The molecular formula is C28H38N4O7. The molecule has 0 spiro atoms. The van der Waals surface area contributed by atoms with Crippen LogP contribution in [0, 0.1) is 5.92 Å². The Kier molecular flexibility index (Phi) is 12.3. The van der Waals surface area contributed by atoms with Gasteiger partial charge >= 0.3 is 5.97 Å². The number of carbonyl (C=O) groups is 6. The molecule has 2 rings (SSSR count). The number of benzene rings is 1. The van der Waals surface area contributed by atoms with Gasteiger partial charge in [-0.25, -0.2) is 0 Å². The predicted octanol–water partition coefficient (Wildman–Crippen LogP) is 2.21. The first-order chi connectivity index (χ1) is 18.5. The van der Waals surface area contributed by atoms with E-state index in [1.807, 2.05) is 0 Å². The summed E-state index contributed by atoms with van der Waals surface area (Å²) < 4.78 is 5.08. The largest absolute Gasteiger partial charge is 0.461 e. The van der Waals surface area contributed by atoms with Gasteiger partial charge in [0.2, 0.25) is 17.7 Å². The molecule has 2 atom stereocenters. The maximum absolute atomic E-state index is 12.8. The van der Waals surface area contributed by atoms with Crippen LogP contribution < -0.4 is 16.0 Å². The molecule has 1 aromatic rings. The van der Waals surface area contributed by atoms with Gasteiger partial charge in [-0.2, -0.15) is 0 Å². The molecule has 5 amide bonds. The lowest BCUT2D eigenvalue weighted by molar-refractivity contribution is -0.144. The van der Waals surface area contributed by atoms with Crippen LogP contribution in [0.25, 0.3) is 0 Å². The van der Waals surface area contributed by atoms with Gasteiger partial charge in [0.05, 0.1) is 0 Å². The van der Waals surface area contributed by atoms with Crippen LogP contribution in [0.4, 0.5) is 5.69 Å². The molecule has 0 fully saturated rings. The zero-order chi connectivity index (χ0) is 28.9. The molecule has 1 aromatic carbocycles. The van der Waals surface area contributed by atoms with E-state index in [0.717, 1.165) is 5.56 Å². The Morgan fingerprint density at radius 2 is 1.51 bits per heavy atom. The summed E-state index contributed by atoms with van der Waals surface area (Å²) in [7, 11) is 0. The molecule has 212 valence electrons. The minimum atomic E-state index is -0.855. The van der Waals surface area contributed by atoms with Gasteiger partial charge in [0.25, 0.3) is 11.8 Å². The van der Waals surface area contributed by atoms with Crippen LogP contribution in [-0.4, -0.2) is 59.0 Å². The van der Waals surface area contributed by atoms with Gasteiger partial charge in [0.15, 0.2) is 0 Å². The number of nitrogens with one attached hydrogen (secondary N) is 3. The molecule has 11 nitrogen and oxygen atoms in total. The zero-order valence-electron chi connectivity index (χ0n) is 23.0. The van der Waals surface area contributed by atoms with Crippen molar-refractivity contribution in [1.29, 1.82) is 0 Å². The topological polar surface area (TPSA) is 151 Å². The number of anilines is 1. The molecule has 0 saturated carbocycles. The van der Waals surface area contributed by atoms with E-state index >= 15 is 0 Å². The molecule has 11 heteroatoms.